The molecule has 0 aromatic heterocycles. The summed E-state index contributed by atoms with van der Waals surface area (Å²) in [4.78, 5) is 12.8. The first-order valence-corrected chi connectivity index (χ1v) is 10.9. The second-order valence-electron chi connectivity index (χ2n) is 6.59. The van der Waals surface area contributed by atoms with Crippen LogP contribution >= 0.6 is 11.8 Å². The van der Waals surface area contributed by atoms with E-state index in [-0.39, 0.29) is 23.1 Å². The predicted octanol–water partition coefficient (Wildman–Crippen LogP) is 2.22. The van der Waals surface area contributed by atoms with Crippen LogP contribution < -0.4 is 0 Å². The van der Waals surface area contributed by atoms with Gasteiger partial charge in [0.25, 0.3) is 0 Å². The lowest BCUT2D eigenvalue weighted by atomic mass is 9.79. The summed E-state index contributed by atoms with van der Waals surface area (Å²) in [7, 11) is -3.21. The normalized spacial score (nSPS) is 35.4. The molecule has 3 aliphatic rings. The standard InChI is InChI=1S/C15H24O4S2/c16-14(13-3-1-2-10-21(13,17)18)12-4-7-19-15(11-12)5-8-20-9-6-15/h12-13H,1-11H2. The van der Waals surface area contributed by atoms with Crippen LogP contribution in [0.1, 0.15) is 44.9 Å². The molecule has 3 saturated heterocycles. The van der Waals surface area contributed by atoms with E-state index in [0.717, 1.165) is 37.2 Å². The summed E-state index contributed by atoms with van der Waals surface area (Å²) in [6.07, 6.45) is 5.53. The van der Waals surface area contributed by atoms with Crippen molar-refractivity contribution in [3.05, 3.63) is 0 Å². The number of carbonyl (C=O) groups excluding carboxylic acids is 1. The largest absolute Gasteiger partial charge is 0.375 e. The minimum atomic E-state index is -3.21. The zero-order chi connectivity index (χ0) is 14.9. The molecule has 0 aromatic carbocycles. The van der Waals surface area contributed by atoms with E-state index in [9.17, 15) is 13.2 Å². The fourth-order valence-corrected chi connectivity index (χ4v) is 7.10. The molecule has 3 rings (SSSR count). The van der Waals surface area contributed by atoms with E-state index < -0.39 is 15.1 Å². The molecule has 0 bridgehead atoms. The summed E-state index contributed by atoms with van der Waals surface area (Å²) in [6, 6.07) is 0. The molecule has 6 heteroatoms. The van der Waals surface area contributed by atoms with Gasteiger partial charge in [-0.25, -0.2) is 8.42 Å². The molecule has 3 aliphatic heterocycles. The van der Waals surface area contributed by atoms with Gasteiger partial charge in [0.2, 0.25) is 0 Å². The number of ether oxygens (including phenoxy) is 1. The van der Waals surface area contributed by atoms with Crippen molar-refractivity contribution >= 4 is 27.4 Å². The molecule has 4 nitrogen and oxygen atoms in total. The van der Waals surface area contributed by atoms with Gasteiger partial charge >= 0.3 is 0 Å². The zero-order valence-electron chi connectivity index (χ0n) is 12.4. The Hall–Kier alpha value is -0.0700. The molecule has 0 aliphatic carbocycles. The van der Waals surface area contributed by atoms with Gasteiger partial charge < -0.3 is 4.74 Å². The van der Waals surface area contributed by atoms with E-state index >= 15 is 0 Å². The number of rotatable bonds is 2. The Bertz CT molecular complexity index is 488. The quantitative estimate of drug-likeness (QED) is 0.776. The summed E-state index contributed by atoms with van der Waals surface area (Å²) in [5, 5.41) is -0.732. The van der Waals surface area contributed by atoms with Gasteiger partial charge in [-0.05, 0) is 50.0 Å². The third-order valence-corrected chi connectivity index (χ3v) is 8.37. The Kier molecular flexibility index (Phi) is 4.67. The minimum absolute atomic E-state index is 0.0180. The molecule has 1 spiro atoms. The average molecular weight is 332 g/mol. The third kappa shape index (κ3) is 3.32. The lowest BCUT2D eigenvalue weighted by Gasteiger charge is -2.43. The highest BCUT2D eigenvalue weighted by Gasteiger charge is 2.45. The number of thioether (sulfide) groups is 1. The van der Waals surface area contributed by atoms with Gasteiger partial charge in [0, 0.05) is 12.5 Å². The first-order chi connectivity index (χ1) is 10.0. The van der Waals surface area contributed by atoms with E-state index in [2.05, 4.69) is 0 Å². The first-order valence-electron chi connectivity index (χ1n) is 7.99. The van der Waals surface area contributed by atoms with E-state index in [4.69, 9.17) is 4.74 Å². The van der Waals surface area contributed by atoms with Gasteiger partial charge in [-0.1, -0.05) is 6.42 Å². The Morgan fingerprint density at radius 1 is 1.14 bits per heavy atom. The monoisotopic (exact) mass is 332 g/mol. The maximum absolute atomic E-state index is 12.8. The fraction of sp³-hybridized carbons (Fsp3) is 0.933. The molecule has 2 atom stereocenters. The van der Waals surface area contributed by atoms with Crippen molar-refractivity contribution in [1.82, 2.24) is 0 Å². The van der Waals surface area contributed by atoms with Crippen molar-refractivity contribution in [1.29, 1.82) is 0 Å². The van der Waals surface area contributed by atoms with Crippen molar-refractivity contribution in [2.75, 3.05) is 23.9 Å². The smallest absolute Gasteiger partial charge is 0.160 e. The maximum atomic E-state index is 12.8. The second kappa shape index (κ2) is 6.20. The maximum Gasteiger partial charge on any atom is 0.160 e. The van der Waals surface area contributed by atoms with Crippen molar-refractivity contribution in [2.24, 2.45) is 5.92 Å². The second-order valence-corrected chi connectivity index (χ2v) is 10.1. The topological polar surface area (TPSA) is 60.4 Å². The Morgan fingerprint density at radius 2 is 1.90 bits per heavy atom. The average Bonchev–Trinajstić information content (AvgIpc) is 2.47. The van der Waals surface area contributed by atoms with E-state index in [1.165, 1.54) is 0 Å². The summed E-state index contributed by atoms with van der Waals surface area (Å²) >= 11 is 1.94. The minimum Gasteiger partial charge on any atom is -0.375 e. The Morgan fingerprint density at radius 3 is 2.62 bits per heavy atom. The molecule has 0 N–H and O–H groups in total. The zero-order valence-corrected chi connectivity index (χ0v) is 14.0. The molecule has 120 valence electrons. The SMILES string of the molecule is O=C(C1CCOC2(CCSCC2)C1)C1CCCCS1(=O)=O. The highest BCUT2D eigenvalue weighted by Crippen LogP contribution is 2.41. The third-order valence-electron chi connectivity index (χ3n) is 5.20. The molecule has 0 saturated carbocycles. The number of hydrogen-bond donors (Lipinski definition) is 0. The molecule has 0 aromatic rings. The van der Waals surface area contributed by atoms with Crippen molar-refractivity contribution < 1.29 is 17.9 Å². The number of Topliss-reactive ketones (excluding diaryl/α,β-unsaturated/α-hetero) is 1. The molecule has 3 heterocycles. The van der Waals surface area contributed by atoms with Crippen molar-refractivity contribution in [2.45, 2.75) is 55.8 Å². The molecule has 0 amide bonds. The predicted molar refractivity (Wildman–Crippen MR) is 84.4 cm³/mol. The lowest BCUT2D eigenvalue weighted by Crippen LogP contribution is -2.48. The summed E-state index contributed by atoms with van der Waals surface area (Å²) in [6.45, 7) is 0.605. The molecular formula is C15H24O4S2. The number of hydrogen-bond acceptors (Lipinski definition) is 5. The van der Waals surface area contributed by atoms with Crippen LogP contribution in [0.25, 0.3) is 0 Å². The summed E-state index contributed by atoms with van der Waals surface area (Å²) in [5.41, 5.74) is -0.151. The van der Waals surface area contributed by atoms with Gasteiger partial charge in [-0.15, -0.1) is 0 Å². The summed E-state index contributed by atoms with van der Waals surface area (Å²) in [5.74, 6) is 2.23. The Balaban J connectivity index is 1.72. The van der Waals surface area contributed by atoms with Gasteiger partial charge in [0.15, 0.2) is 15.6 Å². The van der Waals surface area contributed by atoms with Crippen LogP contribution in [0.2, 0.25) is 0 Å². The fourth-order valence-electron chi connectivity index (χ4n) is 3.90. The van der Waals surface area contributed by atoms with Crippen LogP contribution in [0.3, 0.4) is 0 Å². The van der Waals surface area contributed by atoms with Gasteiger partial charge in [-0.2, -0.15) is 11.8 Å². The van der Waals surface area contributed by atoms with Crippen molar-refractivity contribution in [3.63, 3.8) is 0 Å². The molecule has 21 heavy (non-hydrogen) atoms. The highest BCUT2D eigenvalue weighted by atomic mass is 32.2. The van der Waals surface area contributed by atoms with Gasteiger partial charge in [0.05, 0.1) is 11.4 Å². The van der Waals surface area contributed by atoms with Gasteiger partial charge in [-0.3, -0.25) is 4.79 Å². The van der Waals surface area contributed by atoms with Crippen LogP contribution in [0.15, 0.2) is 0 Å². The number of carbonyl (C=O) groups is 1. The number of ketones is 1. The van der Waals surface area contributed by atoms with E-state index in [0.29, 0.717) is 25.9 Å². The number of sulfone groups is 1. The van der Waals surface area contributed by atoms with E-state index in [1.807, 2.05) is 11.8 Å². The molecule has 0 radical (unpaired) electrons. The Labute approximate surface area is 131 Å². The van der Waals surface area contributed by atoms with Crippen molar-refractivity contribution in [3.8, 4) is 0 Å². The van der Waals surface area contributed by atoms with Gasteiger partial charge in [0.1, 0.15) is 5.25 Å². The van der Waals surface area contributed by atoms with Crippen LogP contribution in [-0.4, -0.2) is 48.9 Å². The molecule has 2 unspecified atom stereocenters. The first kappa shape index (κ1) is 15.8. The van der Waals surface area contributed by atoms with E-state index in [1.54, 1.807) is 0 Å². The van der Waals surface area contributed by atoms with Crippen LogP contribution in [0.4, 0.5) is 0 Å². The van der Waals surface area contributed by atoms with Crippen LogP contribution in [-0.2, 0) is 19.4 Å². The van der Waals surface area contributed by atoms with Crippen LogP contribution in [0.5, 0.6) is 0 Å². The summed E-state index contributed by atoms with van der Waals surface area (Å²) < 4.78 is 30.4. The highest BCUT2D eigenvalue weighted by molar-refractivity contribution is 7.99. The molecular weight excluding hydrogens is 308 g/mol. The molecule has 3 fully saturated rings. The van der Waals surface area contributed by atoms with Crippen LogP contribution in [0, 0.1) is 5.92 Å². The lowest BCUT2D eigenvalue weighted by molar-refractivity contribution is -0.138.